The van der Waals surface area contributed by atoms with Gasteiger partial charge in [0.1, 0.15) is 23.5 Å². The summed E-state index contributed by atoms with van der Waals surface area (Å²) in [5.74, 6) is 0.635. The Balaban J connectivity index is 1.50. The third kappa shape index (κ3) is 6.80. The van der Waals surface area contributed by atoms with Crippen LogP contribution in [0.3, 0.4) is 0 Å². The molecule has 1 amide bonds. The summed E-state index contributed by atoms with van der Waals surface area (Å²) in [4.78, 5) is 31.5. The molecule has 0 aliphatic heterocycles. The van der Waals surface area contributed by atoms with Crippen molar-refractivity contribution in [3.63, 3.8) is 0 Å². The fourth-order valence-corrected chi connectivity index (χ4v) is 7.32. The zero-order valence-electron chi connectivity index (χ0n) is 25.9. The van der Waals surface area contributed by atoms with E-state index in [1.54, 1.807) is 26.8 Å². The lowest BCUT2D eigenvalue weighted by molar-refractivity contribution is -0.387. The molecule has 0 atom stereocenters. The highest BCUT2D eigenvalue weighted by Gasteiger charge is 2.38. The van der Waals surface area contributed by atoms with E-state index in [0.29, 0.717) is 60.5 Å². The van der Waals surface area contributed by atoms with Gasteiger partial charge in [-0.1, -0.05) is 26.0 Å². The molecule has 2 aliphatic rings. The third-order valence-corrected chi connectivity index (χ3v) is 9.38. The van der Waals surface area contributed by atoms with Crippen LogP contribution in [0.25, 0.3) is 11.3 Å². The van der Waals surface area contributed by atoms with Crippen molar-refractivity contribution in [1.29, 1.82) is 0 Å². The van der Waals surface area contributed by atoms with Crippen LogP contribution in [0.2, 0.25) is 0 Å². The lowest BCUT2D eigenvalue weighted by Crippen LogP contribution is -2.42. The first-order chi connectivity index (χ1) is 21.1. The number of hydrogen-bond acceptors (Lipinski definition) is 10. The molecule has 45 heavy (non-hydrogen) atoms. The molecule has 0 radical (unpaired) electrons. The Bertz CT molecular complexity index is 1750. The number of ether oxygens (including phenoxy) is 2. The van der Waals surface area contributed by atoms with E-state index in [2.05, 4.69) is 20.0 Å². The number of benzene rings is 2. The van der Waals surface area contributed by atoms with Crippen LogP contribution in [0.4, 0.5) is 22.0 Å². The summed E-state index contributed by atoms with van der Waals surface area (Å²) in [6, 6.07) is 8.61. The van der Waals surface area contributed by atoms with Crippen molar-refractivity contribution in [3.8, 4) is 17.0 Å². The van der Waals surface area contributed by atoms with Gasteiger partial charge in [-0.25, -0.2) is 23.2 Å². The fourth-order valence-electron chi connectivity index (χ4n) is 6.05. The molecule has 0 unspecified atom stereocenters. The van der Waals surface area contributed by atoms with Crippen LogP contribution in [-0.4, -0.2) is 47.1 Å². The Morgan fingerprint density at radius 1 is 1.09 bits per heavy atom. The van der Waals surface area contributed by atoms with Gasteiger partial charge in [0.25, 0.3) is 15.7 Å². The Morgan fingerprint density at radius 2 is 1.78 bits per heavy atom. The predicted molar refractivity (Wildman–Crippen MR) is 169 cm³/mol. The highest BCUT2D eigenvalue weighted by Crippen LogP contribution is 2.49. The number of hydrogen-bond donors (Lipinski definition) is 3. The minimum absolute atomic E-state index is 0.0812. The lowest BCUT2D eigenvalue weighted by atomic mass is 9.71. The average Bonchev–Trinajstić information content (AvgIpc) is 2.94. The standard InChI is InChI=1S/C31H38N6O7S/c1-30(2,3)44-29(38)35-18-10-12-19(13-11-18)43-23-15-14-20-21(16-31(4,5)25-27(20)33-17-34-28(25)32)26(23)36-45(41,42)24-9-7-6-8-22(24)37(39)40/h6-9,14-15,17-19,36H,10-13,16H2,1-5H3,(H,35,38)(H2,32,33,34)/t18-,19-. The van der Waals surface area contributed by atoms with Crippen molar-refractivity contribution in [2.45, 2.75) is 94.8 Å². The summed E-state index contributed by atoms with van der Waals surface area (Å²) < 4.78 is 42.1. The van der Waals surface area contributed by atoms with Crippen LogP contribution in [-0.2, 0) is 26.6 Å². The number of nitrogens with two attached hydrogens (primary N) is 1. The number of carbonyl (C=O) groups excluding carboxylic acids is 1. The number of nitrogens with zero attached hydrogens (tertiary/aromatic N) is 3. The highest BCUT2D eigenvalue weighted by atomic mass is 32.2. The second kappa shape index (κ2) is 11.8. The summed E-state index contributed by atoms with van der Waals surface area (Å²) in [5, 5.41) is 14.6. The van der Waals surface area contributed by atoms with E-state index in [0.717, 1.165) is 11.6 Å². The number of nitrogens with one attached hydrogen (secondary N) is 2. The Morgan fingerprint density at radius 3 is 2.44 bits per heavy atom. The van der Waals surface area contributed by atoms with Crippen molar-refractivity contribution in [1.82, 2.24) is 15.3 Å². The molecule has 0 spiro atoms. The van der Waals surface area contributed by atoms with E-state index in [1.807, 2.05) is 19.9 Å². The zero-order chi connectivity index (χ0) is 32.7. The van der Waals surface area contributed by atoms with Gasteiger partial charge in [-0.15, -0.1) is 0 Å². The van der Waals surface area contributed by atoms with Crippen molar-refractivity contribution < 1.29 is 27.6 Å². The topological polar surface area (TPSA) is 189 Å². The molecule has 1 aromatic heterocycles. The van der Waals surface area contributed by atoms with Gasteiger partial charge in [0.15, 0.2) is 4.90 Å². The number of fused-ring (bicyclic) bond motifs is 3. The van der Waals surface area contributed by atoms with E-state index < -0.39 is 42.6 Å². The van der Waals surface area contributed by atoms with Gasteiger partial charge in [0, 0.05) is 23.2 Å². The van der Waals surface area contributed by atoms with Gasteiger partial charge < -0.3 is 20.5 Å². The van der Waals surface area contributed by atoms with Crippen molar-refractivity contribution in [3.05, 3.63) is 64.0 Å². The Kier molecular flexibility index (Phi) is 8.38. The number of sulfonamides is 1. The van der Waals surface area contributed by atoms with Crippen LogP contribution in [0.5, 0.6) is 5.75 Å². The van der Waals surface area contributed by atoms with E-state index in [4.69, 9.17) is 15.2 Å². The number of rotatable bonds is 7. The average molecular weight is 639 g/mol. The van der Waals surface area contributed by atoms with Gasteiger partial charge in [-0.05, 0) is 82.1 Å². The zero-order valence-corrected chi connectivity index (χ0v) is 26.7. The third-order valence-electron chi connectivity index (χ3n) is 7.98. The molecular formula is C31H38N6O7S. The molecule has 3 aromatic rings. The number of amides is 1. The smallest absolute Gasteiger partial charge is 0.407 e. The Hall–Kier alpha value is -4.46. The highest BCUT2D eigenvalue weighted by molar-refractivity contribution is 7.92. The summed E-state index contributed by atoms with van der Waals surface area (Å²) in [6.07, 6.45) is 3.48. The van der Waals surface area contributed by atoms with Crippen LogP contribution in [0.15, 0.2) is 47.6 Å². The largest absolute Gasteiger partial charge is 0.488 e. The predicted octanol–water partition coefficient (Wildman–Crippen LogP) is 5.48. The Labute approximate surface area is 262 Å². The number of carbonyl (C=O) groups is 1. The first-order valence-electron chi connectivity index (χ1n) is 14.8. The number of nitro benzene ring substituents is 1. The minimum atomic E-state index is -4.44. The molecule has 0 saturated heterocycles. The van der Waals surface area contributed by atoms with Gasteiger partial charge in [-0.3, -0.25) is 14.8 Å². The number of anilines is 2. The van der Waals surface area contributed by atoms with Crippen molar-refractivity contribution in [2.75, 3.05) is 10.5 Å². The number of alkyl carbamates (subject to hydrolysis) is 1. The molecule has 14 heteroatoms. The molecule has 1 heterocycles. The van der Waals surface area contributed by atoms with Gasteiger partial charge in [0.2, 0.25) is 0 Å². The van der Waals surface area contributed by atoms with E-state index >= 15 is 0 Å². The molecule has 2 aliphatic carbocycles. The summed E-state index contributed by atoms with van der Waals surface area (Å²) in [7, 11) is -4.44. The molecule has 1 saturated carbocycles. The molecule has 0 bridgehead atoms. The normalized spacial score (nSPS) is 19.0. The van der Waals surface area contributed by atoms with E-state index in [-0.39, 0.29) is 17.8 Å². The molecule has 13 nitrogen and oxygen atoms in total. The maximum atomic E-state index is 13.8. The first-order valence-corrected chi connectivity index (χ1v) is 16.2. The molecule has 5 rings (SSSR count). The second-order valence-corrected chi connectivity index (χ2v) is 14.7. The molecule has 240 valence electrons. The second-order valence-electron chi connectivity index (χ2n) is 13.1. The van der Waals surface area contributed by atoms with E-state index in [1.165, 1.54) is 24.5 Å². The molecule has 4 N–H and O–H groups in total. The van der Waals surface area contributed by atoms with Gasteiger partial charge in [0.05, 0.1) is 22.4 Å². The van der Waals surface area contributed by atoms with Crippen LogP contribution in [0.1, 0.15) is 71.4 Å². The van der Waals surface area contributed by atoms with Crippen LogP contribution >= 0.6 is 0 Å². The minimum Gasteiger partial charge on any atom is -0.488 e. The number of aromatic nitrogens is 2. The lowest BCUT2D eigenvalue weighted by Gasteiger charge is -2.36. The van der Waals surface area contributed by atoms with Crippen molar-refractivity contribution in [2.24, 2.45) is 0 Å². The summed E-state index contributed by atoms with van der Waals surface area (Å²) >= 11 is 0. The maximum Gasteiger partial charge on any atom is 0.407 e. The first kappa shape index (κ1) is 31.9. The maximum absolute atomic E-state index is 13.8. The van der Waals surface area contributed by atoms with Crippen LogP contribution in [0, 0.1) is 10.1 Å². The summed E-state index contributed by atoms with van der Waals surface area (Å²) in [6.45, 7) is 9.36. The number of para-hydroxylation sites is 1. The molecule has 1 fully saturated rings. The SMILES string of the molecule is CC(C)(C)OC(=O)N[C@H]1CC[C@H](Oc2ccc3c(c2NS(=O)(=O)c2ccccc2[N+](=O)[O-])CC(C)(C)c2c(N)ncnc2-3)CC1. The molecule has 2 aromatic carbocycles. The van der Waals surface area contributed by atoms with Crippen LogP contribution < -0.4 is 20.5 Å². The van der Waals surface area contributed by atoms with Crippen molar-refractivity contribution >= 4 is 33.3 Å². The number of nitrogen functional groups attached to an aromatic ring is 1. The van der Waals surface area contributed by atoms with Gasteiger partial charge in [-0.2, -0.15) is 0 Å². The van der Waals surface area contributed by atoms with E-state index in [9.17, 15) is 23.3 Å². The summed E-state index contributed by atoms with van der Waals surface area (Å²) in [5.41, 5.74) is 7.38. The fraction of sp³-hybridized carbons (Fsp3) is 0.452. The molecular weight excluding hydrogens is 600 g/mol. The monoisotopic (exact) mass is 638 g/mol. The van der Waals surface area contributed by atoms with Gasteiger partial charge >= 0.3 is 6.09 Å². The quantitative estimate of drug-likeness (QED) is 0.221. The number of nitro groups is 1.